The Hall–Kier alpha value is -1.67. The normalized spacial score (nSPS) is 13.8. The number of halogens is 4. The summed E-state index contributed by atoms with van der Waals surface area (Å²) in [6.45, 7) is 0. The second-order valence-electron chi connectivity index (χ2n) is 6.09. The Kier molecular flexibility index (Phi) is 5.98. The lowest BCUT2D eigenvalue weighted by atomic mass is 9.83. The topological polar surface area (TPSA) is 94.8 Å². The smallest absolute Gasteiger partial charge is 0.283 e. The Morgan fingerprint density at radius 1 is 0.759 bits per heavy atom. The molecule has 152 valence electrons. The van der Waals surface area contributed by atoms with Gasteiger partial charge < -0.3 is 10.2 Å². The highest BCUT2D eigenvalue weighted by atomic mass is 35.5. The first-order chi connectivity index (χ1) is 13.5. The molecule has 3 rings (SSSR count). The van der Waals surface area contributed by atoms with Gasteiger partial charge >= 0.3 is 0 Å². The molecule has 0 fully saturated rings. The van der Waals surface area contributed by atoms with E-state index in [1.54, 1.807) is 0 Å². The van der Waals surface area contributed by atoms with Gasteiger partial charge in [0, 0.05) is 15.6 Å². The molecule has 1 unspecified atom stereocenters. The summed E-state index contributed by atoms with van der Waals surface area (Å²) < 4.78 is 34.1. The molecular weight excluding hydrogens is 482 g/mol. The van der Waals surface area contributed by atoms with E-state index in [1.807, 2.05) is 0 Å². The third-order valence-corrected chi connectivity index (χ3v) is 7.08. The van der Waals surface area contributed by atoms with Gasteiger partial charge in [0.15, 0.2) is 4.75 Å². The molecule has 0 saturated carbocycles. The highest BCUT2D eigenvalue weighted by molar-refractivity contribution is 7.87. The molecule has 0 aliphatic heterocycles. The number of hydrogen-bond donors (Lipinski definition) is 3. The molecule has 10 heteroatoms. The standard InChI is InChI=1S/C19H12Cl4O5S/c20-12-3-1-2-10(8-12)19(29(26,27)28,11-4-6-15(24)14(22)9-11)17-13(21)5-7-16(25)18(17)23/h1-9,24-25H,(H,26,27,28). The first-order valence-corrected chi connectivity index (χ1v) is 10.8. The maximum absolute atomic E-state index is 13.0. The van der Waals surface area contributed by atoms with E-state index in [0.717, 1.165) is 12.1 Å². The van der Waals surface area contributed by atoms with E-state index in [4.69, 9.17) is 46.4 Å². The van der Waals surface area contributed by atoms with Gasteiger partial charge in [-0.15, -0.1) is 0 Å². The summed E-state index contributed by atoms with van der Waals surface area (Å²) in [6, 6.07) is 11.7. The van der Waals surface area contributed by atoms with Crippen LogP contribution in [-0.2, 0) is 14.9 Å². The Morgan fingerprint density at radius 2 is 1.38 bits per heavy atom. The monoisotopic (exact) mass is 492 g/mol. The zero-order valence-corrected chi connectivity index (χ0v) is 18.1. The molecule has 3 aromatic rings. The lowest BCUT2D eigenvalue weighted by Crippen LogP contribution is -2.39. The number of phenolic OH excluding ortho intramolecular Hbond substituents is 2. The lowest BCUT2D eigenvalue weighted by Gasteiger charge is -2.34. The van der Waals surface area contributed by atoms with E-state index < -0.39 is 20.6 Å². The van der Waals surface area contributed by atoms with Gasteiger partial charge in [0.25, 0.3) is 10.1 Å². The van der Waals surface area contributed by atoms with Gasteiger partial charge in [-0.05, 0) is 47.5 Å². The molecule has 29 heavy (non-hydrogen) atoms. The van der Waals surface area contributed by atoms with Crippen LogP contribution in [0.3, 0.4) is 0 Å². The molecule has 0 aromatic heterocycles. The van der Waals surface area contributed by atoms with Crippen molar-refractivity contribution in [2.75, 3.05) is 0 Å². The lowest BCUT2D eigenvalue weighted by molar-refractivity contribution is 0.455. The van der Waals surface area contributed by atoms with Gasteiger partial charge in [-0.3, -0.25) is 4.55 Å². The zero-order valence-electron chi connectivity index (χ0n) is 14.3. The molecule has 0 aliphatic carbocycles. The second kappa shape index (κ2) is 7.87. The molecule has 0 bridgehead atoms. The van der Waals surface area contributed by atoms with Gasteiger partial charge in [0.1, 0.15) is 11.5 Å². The van der Waals surface area contributed by atoms with Crippen LogP contribution in [0.25, 0.3) is 0 Å². The molecule has 5 nitrogen and oxygen atoms in total. The Bertz CT molecular complexity index is 1210. The van der Waals surface area contributed by atoms with Crippen LogP contribution in [0.15, 0.2) is 54.6 Å². The molecule has 0 spiro atoms. The summed E-state index contributed by atoms with van der Waals surface area (Å²) in [5.74, 6) is -0.759. The van der Waals surface area contributed by atoms with E-state index in [1.165, 1.54) is 42.5 Å². The Morgan fingerprint density at radius 3 is 1.97 bits per heavy atom. The van der Waals surface area contributed by atoms with Crippen molar-refractivity contribution in [2.45, 2.75) is 4.75 Å². The first kappa shape index (κ1) is 22.0. The van der Waals surface area contributed by atoms with Crippen LogP contribution in [0.1, 0.15) is 16.7 Å². The average molecular weight is 494 g/mol. The molecule has 0 radical (unpaired) electrons. The van der Waals surface area contributed by atoms with E-state index >= 15 is 0 Å². The van der Waals surface area contributed by atoms with Gasteiger partial charge in [-0.25, -0.2) is 0 Å². The average Bonchev–Trinajstić information content (AvgIpc) is 2.63. The molecule has 0 aliphatic rings. The van der Waals surface area contributed by atoms with Crippen LogP contribution in [0.5, 0.6) is 11.5 Å². The van der Waals surface area contributed by atoms with Crippen molar-refractivity contribution >= 4 is 56.5 Å². The maximum Gasteiger partial charge on any atom is 0.283 e. The second-order valence-corrected chi connectivity index (χ2v) is 9.28. The minimum Gasteiger partial charge on any atom is -0.506 e. The van der Waals surface area contributed by atoms with Gasteiger partial charge in [0.2, 0.25) is 0 Å². The Labute approximate surface area is 186 Å². The summed E-state index contributed by atoms with van der Waals surface area (Å²) in [5.41, 5.74) is -0.393. The van der Waals surface area contributed by atoms with Crippen LogP contribution in [-0.4, -0.2) is 23.2 Å². The predicted molar refractivity (Wildman–Crippen MR) is 114 cm³/mol. The minimum absolute atomic E-state index is 0.0105. The number of benzene rings is 3. The number of phenols is 2. The van der Waals surface area contributed by atoms with Crippen molar-refractivity contribution in [3.8, 4) is 11.5 Å². The van der Waals surface area contributed by atoms with Gasteiger partial charge in [-0.2, -0.15) is 8.42 Å². The summed E-state index contributed by atoms with van der Waals surface area (Å²) in [7, 11) is -5.07. The number of rotatable bonds is 4. The summed E-state index contributed by atoms with van der Waals surface area (Å²) in [4.78, 5) is 0. The van der Waals surface area contributed by atoms with Crippen molar-refractivity contribution in [1.29, 1.82) is 0 Å². The zero-order chi connectivity index (χ0) is 21.6. The largest absolute Gasteiger partial charge is 0.506 e. The fourth-order valence-electron chi connectivity index (χ4n) is 3.18. The Balaban J connectivity index is 2.63. The SMILES string of the molecule is O=S(=O)(O)C(c1cccc(Cl)c1)(c1ccc(O)c(Cl)c1)c1c(Cl)ccc(O)c1Cl. The highest BCUT2D eigenvalue weighted by Gasteiger charge is 2.51. The minimum atomic E-state index is -5.07. The highest BCUT2D eigenvalue weighted by Crippen LogP contribution is 2.51. The fraction of sp³-hybridized carbons (Fsp3) is 0.0526. The third kappa shape index (κ3) is 3.65. The van der Waals surface area contributed by atoms with Crippen LogP contribution >= 0.6 is 46.4 Å². The molecule has 0 saturated heterocycles. The number of aromatic hydroxyl groups is 2. The van der Waals surface area contributed by atoms with Crippen LogP contribution in [0, 0.1) is 0 Å². The van der Waals surface area contributed by atoms with Crippen molar-refractivity contribution in [2.24, 2.45) is 0 Å². The van der Waals surface area contributed by atoms with Crippen molar-refractivity contribution < 1.29 is 23.2 Å². The van der Waals surface area contributed by atoms with Gasteiger partial charge in [-0.1, -0.05) is 64.6 Å². The maximum atomic E-state index is 13.0. The molecule has 1 atom stereocenters. The molecule has 0 heterocycles. The molecular formula is C19H12Cl4O5S. The predicted octanol–water partition coefficient (Wildman–Crippen LogP) is 5.89. The van der Waals surface area contributed by atoms with Gasteiger partial charge in [0.05, 0.1) is 10.0 Å². The molecule has 0 amide bonds. The summed E-state index contributed by atoms with van der Waals surface area (Å²) in [5, 5.41) is 19.4. The van der Waals surface area contributed by atoms with E-state index in [0.29, 0.717) is 0 Å². The van der Waals surface area contributed by atoms with E-state index in [-0.39, 0.29) is 42.5 Å². The fourth-order valence-corrected chi connectivity index (χ4v) is 5.64. The third-order valence-electron chi connectivity index (χ3n) is 4.40. The van der Waals surface area contributed by atoms with E-state index in [9.17, 15) is 23.2 Å². The van der Waals surface area contributed by atoms with Crippen LogP contribution in [0.2, 0.25) is 20.1 Å². The van der Waals surface area contributed by atoms with Crippen molar-refractivity contribution in [3.05, 3.63) is 91.4 Å². The molecule has 3 N–H and O–H groups in total. The van der Waals surface area contributed by atoms with E-state index in [2.05, 4.69) is 0 Å². The quantitative estimate of drug-likeness (QED) is 0.311. The summed E-state index contributed by atoms with van der Waals surface area (Å²) >= 11 is 24.7. The number of hydrogen-bond acceptors (Lipinski definition) is 4. The molecule has 3 aromatic carbocycles. The van der Waals surface area contributed by atoms with Crippen LogP contribution in [0.4, 0.5) is 0 Å². The first-order valence-electron chi connectivity index (χ1n) is 7.89. The van der Waals surface area contributed by atoms with Crippen molar-refractivity contribution in [1.82, 2.24) is 0 Å². The summed E-state index contributed by atoms with van der Waals surface area (Å²) in [6.07, 6.45) is 0. The van der Waals surface area contributed by atoms with Crippen molar-refractivity contribution in [3.63, 3.8) is 0 Å². The van der Waals surface area contributed by atoms with Crippen LogP contribution < -0.4 is 0 Å².